The van der Waals surface area contributed by atoms with Crippen LogP contribution in [0.25, 0.3) is 27.9 Å². The smallest absolute Gasteiger partial charge is 0.153 e. The minimum Gasteiger partial charge on any atom is -0.453 e. The van der Waals surface area contributed by atoms with Gasteiger partial charge in [-0.1, -0.05) is 42.5 Å². The van der Waals surface area contributed by atoms with Crippen LogP contribution in [0.4, 0.5) is 0 Å². The fourth-order valence-electron chi connectivity index (χ4n) is 2.49. The van der Waals surface area contributed by atoms with Gasteiger partial charge in [0.1, 0.15) is 11.8 Å². The molecule has 0 amide bonds. The molecule has 0 radical (unpaired) electrons. The number of para-hydroxylation sites is 5. The molecule has 0 aliphatic carbocycles. The molecule has 0 saturated carbocycles. The van der Waals surface area contributed by atoms with Crippen LogP contribution in [-0.2, 0) is 0 Å². The Hall–Kier alpha value is -3.07. The second-order valence-electron chi connectivity index (χ2n) is 4.99. The van der Waals surface area contributed by atoms with Crippen molar-refractivity contribution in [3.63, 3.8) is 0 Å². The molecule has 1 aromatic heterocycles. The molecule has 0 aliphatic rings. The van der Waals surface area contributed by atoms with Crippen LogP contribution in [0.1, 0.15) is 0 Å². The summed E-state index contributed by atoms with van der Waals surface area (Å²) in [5, 5.41) is 0. The maximum atomic E-state index is 6.08. The highest BCUT2D eigenvalue weighted by Crippen LogP contribution is 2.19. The largest absolute Gasteiger partial charge is 0.453 e. The lowest BCUT2D eigenvalue weighted by molar-refractivity contribution is 0.657. The summed E-state index contributed by atoms with van der Waals surface area (Å²) in [6.07, 6.45) is 1.84. The number of rotatable bonds is 1. The molecular weight excluding hydrogens is 272 g/mol. The summed E-state index contributed by atoms with van der Waals surface area (Å²) in [6, 6.07) is 25.9. The molecular formula is C19H14N2O. The van der Waals surface area contributed by atoms with Crippen LogP contribution in [0.2, 0.25) is 0 Å². The lowest BCUT2D eigenvalue weighted by atomic mass is 10.2. The number of hydrogen-bond donors (Lipinski definition) is 0. The van der Waals surface area contributed by atoms with E-state index in [4.69, 9.17) is 4.42 Å². The van der Waals surface area contributed by atoms with Crippen molar-refractivity contribution in [1.29, 1.82) is 0 Å². The Balaban J connectivity index is 2.17. The van der Waals surface area contributed by atoms with Crippen LogP contribution in [0.3, 0.4) is 0 Å². The molecule has 0 aliphatic heterocycles. The maximum Gasteiger partial charge on any atom is 0.153 e. The first kappa shape index (κ1) is 12.7. The summed E-state index contributed by atoms with van der Waals surface area (Å²) in [6.45, 7) is 0. The van der Waals surface area contributed by atoms with E-state index in [-0.39, 0.29) is 0 Å². The number of hydrogen-bond acceptors (Lipinski definition) is 2. The Morgan fingerprint density at radius 1 is 0.682 bits per heavy atom. The van der Waals surface area contributed by atoms with Crippen LogP contribution in [-0.4, -0.2) is 9.55 Å². The van der Waals surface area contributed by atoms with Gasteiger partial charge in [0.2, 0.25) is 0 Å². The molecule has 0 spiro atoms. The summed E-state index contributed by atoms with van der Waals surface area (Å²) in [5.74, 6) is 0. The molecule has 0 fully saturated rings. The molecule has 3 heteroatoms. The lowest BCUT2D eigenvalue weighted by Crippen LogP contribution is -1.96. The van der Waals surface area contributed by atoms with Crippen LogP contribution in [0.5, 0.6) is 0 Å². The van der Waals surface area contributed by atoms with Gasteiger partial charge in [-0.2, -0.15) is 0 Å². The van der Waals surface area contributed by atoms with Crippen LogP contribution in [0, 0.1) is 0 Å². The molecule has 106 valence electrons. The van der Waals surface area contributed by atoms with Gasteiger partial charge < -0.3 is 4.42 Å². The molecule has 0 bridgehead atoms. The van der Waals surface area contributed by atoms with Crippen molar-refractivity contribution in [2.24, 2.45) is 0 Å². The van der Waals surface area contributed by atoms with Crippen molar-refractivity contribution in [3.8, 4) is 5.69 Å². The normalized spacial score (nSPS) is 10.7. The highest BCUT2D eigenvalue weighted by Gasteiger charge is 2.02. The summed E-state index contributed by atoms with van der Waals surface area (Å²) >= 11 is 0. The summed E-state index contributed by atoms with van der Waals surface area (Å²) < 4.78 is 8.11. The van der Waals surface area contributed by atoms with E-state index in [9.17, 15) is 0 Å². The SMILES string of the molecule is c1ccc(-n2cnc3ccccc3oc3ccccc32)cc1. The van der Waals surface area contributed by atoms with Crippen molar-refractivity contribution < 1.29 is 4.42 Å². The number of fused-ring (bicyclic) bond motifs is 2. The molecule has 1 heterocycles. The van der Waals surface area contributed by atoms with Crippen molar-refractivity contribution >= 4 is 22.2 Å². The fraction of sp³-hybridized carbons (Fsp3) is 0. The van der Waals surface area contributed by atoms with E-state index in [0.29, 0.717) is 0 Å². The average Bonchev–Trinajstić information content (AvgIpc) is 2.56. The zero-order valence-electron chi connectivity index (χ0n) is 11.9. The first-order valence-electron chi connectivity index (χ1n) is 7.16. The second kappa shape index (κ2) is 5.37. The van der Waals surface area contributed by atoms with E-state index in [1.54, 1.807) is 0 Å². The van der Waals surface area contributed by atoms with Crippen LogP contribution < -0.4 is 0 Å². The van der Waals surface area contributed by atoms with Crippen molar-refractivity contribution in [2.45, 2.75) is 0 Å². The van der Waals surface area contributed by atoms with Crippen LogP contribution >= 0.6 is 0 Å². The van der Waals surface area contributed by atoms with Gasteiger partial charge in [0.05, 0.1) is 5.52 Å². The van der Waals surface area contributed by atoms with Gasteiger partial charge in [-0.05, 0) is 36.4 Å². The minimum atomic E-state index is 0.763. The van der Waals surface area contributed by atoms with E-state index in [1.165, 1.54) is 0 Å². The van der Waals surface area contributed by atoms with Gasteiger partial charge in [0.15, 0.2) is 11.2 Å². The summed E-state index contributed by atoms with van der Waals surface area (Å²) in [7, 11) is 0. The second-order valence-corrected chi connectivity index (χ2v) is 4.99. The third-order valence-electron chi connectivity index (χ3n) is 3.56. The molecule has 3 nitrogen and oxygen atoms in total. The predicted octanol–water partition coefficient (Wildman–Crippen LogP) is 4.90. The molecule has 0 N–H and O–H groups in total. The average molecular weight is 286 g/mol. The maximum absolute atomic E-state index is 6.08. The molecule has 0 unspecified atom stereocenters. The van der Waals surface area contributed by atoms with Gasteiger partial charge in [-0.3, -0.25) is 4.57 Å². The van der Waals surface area contributed by atoms with E-state index < -0.39 is 0 Å². The third-order valence-corrected chi connectivity index (χ3v) is 3.56. The quantitative estimate of drug-likeness (QED) is 0.498. The van der Waals surface area contributed by atoms with Gasteiger partial charge in [0.25, 0.3) is 0 Å². The summed E-state index contributed by atoms with van der Waals surface area (Å²) in [4.78, 5) is 4.58. The van der Waals surface area contributed by atoms with E-state index in [0.717, 1.165) is 27.9 Å². The van der Waals surface area contributed by atoms with E-state index >= 15 is 0 Å². The highest BCUT2D eigenvalue weighted by atomic mass is 16.3. The van der Waals surface area contributed by atoms with Gasteiger partial charge in [-0.25, -0.2) is 4.98 Å². The Kier molecular flexibility index (Phi) is 3.09. The number of nitrogens with zero attached hydrogens (tertiary/aromatic N) is 2. The zero-order valence-corrected chi connectivity index (χ0v) is 11.9. The molecule has 4 rings (SSSR count). The zero-order chi connectivity index (χ0) is 14.8. The molecule has 3 aromatic carbocycles. The minimum absolute atomic E-state index is 0.763. The highest BCUT2D eigenvalue weighted by molar-refractivity contribution is 5.78. The Morgan fingerprint density at radius 3 is 2.23 bits per heavy atom. The fourth-order valence-corrected chi connectivity index (χ4v) is 2.49. The first-order valence-corrected chi connectivity index (χ1v) is 7.16. The van der Waals surface area contributed by atoms with Crippen molar-refractivity contribution in [3.05, 3.63) is 85.2 Å². The van der Waals surface area contributed by atoms with Gasteiger partial charge in [0, 0.05) is 5.69 Å². The molecule has 0 atom stereocenters. The number of benzene rings is 3. The lowest BCUT2D eigenvalue weighted by Gasteiger charge is -2.08. The van der Waals surface area contributed by atoms with Crippen LogP contribution in [0.15, 0.2) is 89.6 Å². The van der Waals surface area contributed by atoms with E-state index in [2.05, 4.69) is 17.1 Å². The Bertz CT molecular complexity index is 982. The molecule has 0 saturated heterocycles. The first-order chi connectivity index (χ1) is 10.9. The van der Waals surface area contributed by atoms with E-state index in [1.807, 2.05) is 77.6 Å². The topological polar surface area (TPSA) is 31.0 Å². The third kappa shape index (κ3) is 2.23. The predicted molar refractivity (Wildman–Crippen MR) is 88.5 cm³/mol. The molecule has 22 heavy (non-hydrogen) atoms. The Labute approximate surface area is 127 Å². The Morgan fingerprint density at radius 2 is 1.36 bits per heavy atom. The number of aromatic nitrogens is 2. The van der Waals surface area contributed by atoms with Gasteiger partial charge >= 0.3 is 0 Å². The van der Waals surface area contributed by atoms with Gasteiger partial charge in [-0.15, -0.1) is 0 Å². The van der Waals surface area contributed by atoms with Crippen molar-refractivity contribution in [1.82, 2.24) is 9.55 Å². The standard InChI is InChI=1S/C19H14N2O/c1-2-8-15(9-3-1)21-14-20-16-10-4-6-12-18(16)22-19-13-7-5-11-17(19)21/h1-14H. The van der Waals surface area contributed by atoms with Crippen molar-refractivity contribution in [2.75, 3.05) is 0 Å². The monoisotopic (exact) mass is 286 g/mol. The molecule has 4 aromatic rings. The summed E-state index contributed by atoms with van der Waals surface area (Å²) in [5.41, 5.74) is 4.40.